The van der Waals surface area contributed by atoms with Crippen LogP contribution in [-0.2, 0) is 17.8 Å². The number of aromatic nitrogens is 2. The van der Waals surface area contributed by atoms with Gasteiger partial charge < -0.3 is 16.4 Å². The summed E-state index contributed by atoms with van der Waals surface area (Å²) in [6.07, 6.45) is 4.95. The van der Waals surface area contributed by atoms with Gasteiger partial charge in [0.05, 0.1) is 17.9 Å². The average Bonchev–Trinajstić information content (AvgIpc) is 2.93. The number of anilines is 3. The van der Waals surface area contributed by atoms with E-state index < -0.39 is 0 Å². The molecule has 6 nitrogen and oxygen atoms in total. The van der Waals surface area contributed by atoms with Gasteiger partial charge in [-0.1, -0.05) is 0 Å². The SMILES string of the molecule is CC(Cn1cccn1)Nc1cc2c(cc1N)CCC(=O)N2. The zero-order valence-electron chi connectivity index (χ0n) is 12.0. The Kier molecular flexibility index (Phi) is 3.51. The lowest BCUT2D eigenvalue weighted by molar-refractivity contribution is -0.116. The van der Waals surface area contributed by atoms with Gasteiger partial charge in [0.15, 0.2) is 0 Å². The molecule has 1 unspecified atom stereocenters. The average molecular weight is 285 g/mol. The fraction of sp³-hybridized carbons (Fsp3) is 0.333. The van der Waals surface area contributed by atoms with Crippen molar-refractivity contribution in [1.82, 2.24) is 9.78 Å². The van der Waals surface area contributed by atoms with Crippen molar-refractivity contribution in [1.29, 1.82) is 0 Å². The highest BCUT2D eigenvalue weighted by atomic mass is 16.1. The molecule has 0 saturated heterocycles. The summed E-state index contributed by atoms with van der Waals surface area (Å²) in [5.41, 5.74) is 9.60. The summed E-state index contributed by atoms with van der Waals surface area (Å²) in [5.74, 6) is 0.0582. The molecule has 1 atom stereocenters. The maximum Gasteiger partial charge on any atom is 0.224 e. The number of fused-ring (bicyclic) bond motifs is 1. The van der Waals surface area contributed by atoms with Crippen LogP contribution in [0.2, 0.25) is 0 Å². The number of amides is 1. The molecular formula is C15H19N5O. The molecule has 0 aliphatic carbocycles. The van der Waals surface area contributed by atoms with Crippen LogP contribution in [0.15, 0.2) is 30.6 Å². The Balaban J connectivity index is 1.75. The monoisotopic (exact) mass is 285 g/mol. The van der Waals surface area contributed by atoms with Crippen LogP contribution in [-0.4, -0.2) is 21.7 Å². The highest BCUT2D eigenvalue weighted by Crippen LogP contribution is 2.31. The molecular weight excluding hydrogens is 266 g/mol. The van der Waals surface area contributed by atoms with E-state index in [4.69, 9.17) is 5.73 Å². The number of hydrogen-bond acceptors (Lipinski definition) is 4. The molecule has 3 rings (SSSR count). The molecule has 1 aliphatic rings. The fourth-order valence-electron chi connectivity index (χ4n) is 2.57. The Hall–Kier alpha value is -2.50. The van der Waals surface area contributed by atoms with E-state index in [1.165, 1.54) is 0 Å². The number of carbonyl (C=O) groups excluding carboxylic acids is 1. The predicted octanol–water partition coefficient (Wildman–Crippen LogP) is 1.85. The van der Waals surface area contributed by atoms with E-state index in [0.29, 0.717) is 12.1 Å². The van der Waals surface area contributed by atoms with E-state index in [9.17, 15) is 4.79 Å². The molecule has 2 aromatic rings. The summed E-state index contributed by atoms with van der Waals surface area (Å²) in [6.45, 7) is 2.81. The van der Waals surface area contributed by atoms with Gasteiger partial charge in [-0.2, -0.15) is 5.10 Å². The highest BCUT2D eigenvalue weighted by molar-refractivity contribution is 5.95. The Bertz CT molecular complexity index is 650. The second kappa shape index (κ2) is 5.47. The molecule has 4 N–H and O–H groups in total. The van der Waals surface area contributed by atoms with Crippen LogP contribution in [0.5, 0.6) is 0 Å². The zero-order valence-corrected chi connectivity index (χ0v) is 12.0. The van der Waals surface area contributed by atoms with Gasteiger partial charge in [0.2, 0.25) is 5.91 Å². The Morgan fingerprint density at radius 2 is 2.33 bits per heavy atom. The van der Waals surface area contributed by atoms with E-state index in [0.717, 1.165) is 29.9 Å². The molecule has 21 heavy (non-hydrogen) atoms. The van der Waals surface area contributed by atoms with Crippen LogP contribution >= 0.6 is 0 Å². The number of nitrogens with one attached hydrogen (secondary N) is 2. The highest BCUT2D eigenvalue weighted by Gasteiger charge is 2.17. The second-order valence-corrected chi connectivity index (χ2v) is 5.42. The topological polar surface area (TPSA) is 85.0 Å². The van der Waals surface area contributed by atoms with Crippen LogP contribution in [0.3, 0.4) is 0 Å². The number of aryl methyl sites for hydroxylation is 1. The molecule has 1 aliphatic heterocycles. The number of nitrogens with two attached hydrogens (primary N) is 1. The molecule has 1 aromatic carbocycles. The Labute approximate surface area is 123 Å². The van der Waals surface area contributed by atoms with Crippen LogP contribution in [0.4, 0.5) is 17.1 Å². The quantitative estimate of drug-likeness (QED) is 0.748. The van der Waals surface area contributed by atoms with E-state index in [1.54, 1.807) is 6.20 Å². The minimum atomic E-state index is 0.0582. The van der Waals surface area contributed by atoms with E-state index in [2.05, 4.69) is 22.7 Å². The number of carbonyl (C=O) groups is 1. The lowest BCUT2D eigenvalue weighted by Crippen LogP contribution is -2.24. The number of rotatable bonds is 4. The van der Waals surface area contributed by atoms with Gasteiger partial charge in [0.1, 0.15) is 0 Å². The van der Waals surface area contributed by atoms with E-state index in [-0.39, 0.29) is 11.9 Å². The van der Waals surface area contributed by atoms with Crippen LogP contribution in [0, 0.1) is 0 Å². The molecule has 0 fully saturated rings. The number of hydrogen-bond donors (Lipinski definition) is 3. The predicted molar refractivity (Wildman–Crippen MR) is 83.1 cm³/mol. The summed E-state index contributed by atoms with van der Waals surface area (Å²) < 4.78 is 1.87. The molecule has 1 amide bonds. The van der Waals surface area contributed by atoms with E-state index in [1.807, 2.05) is 29.1 Å². The number of benzene rings is 1. The molecule has 2 heterocycles. The first kappa shape index (κ1) is 13.5. The van der Waals surface area contributed by atoms with Crippen LogP contribution < -0.4 is 16.4 Å². The molecule has 110 valence electrons. The minimum Gasteiger partial charge on any atom is -0.397 e. The molecule has 0 radical (unpaired) electrons. The van der Waals surface area contributed by atoms with Crippen molar-refractivity contribution in [2.24, 2.45) is 0 Å². The standard InChI is InChI=1S/C15H19N5O/c1-10(9-20-6-2-5-17-20)18-14-8-13-11(7-12(14)16)3-4-15(21)19-13/h2,5-8,10,18H,3-4,9,16H2,1H3,(H,19,21). The third kappa shape index (κ3) is 2.99. The number of nitrogens with zero attached hydrogens (tertiary/aromatic N) is 2. The molecule has 0 saturated carbocycles. The lowest BCUT2D eigenvalue weighted by atomic mass is 10.0. The van der Waals surface area contributed by atoms with Gasteiger partial charge in [0, 0.05) is 30.5 Å². The van der Waals surface area contributed by atoms with Gasteiger partial charge in [-0.3, -0.25) is 9.48 Å². The normalized spacial score (nSPS) is 15.2. The van der Waals surface area contributed by atoms with Crippen molar-refractivity contribution in [3.8, 4) is 0 Å². The Morgan fingerprint density at radius 3 is 3.10 bits per heavy atom. The van der Waals surface area contributed by atoms with Crippen molar-refractivity contribution >= 4 is 23.0 Å². The molecule has 0 bridgehead atoms. The van der Waals surface area contributed by atoms with Crippen molar-refractivity contribution in [2.45, 2.75) is 32.4 Å². The van der Waals surface area contributed by atoms with Crippen molar-refractivity contribution in [3.63, 3.8) is 0 Å². The minimum absolute atomic E-state index is 0.0582. The van der Waals surface area contributed by atoms with Crippen molar-refractivity contribution < 1.29 is 4.79 Å². The third-order valence-corrected chi connectivity index (χ3v) is 3.59. The first-order chi connectivity index (χ1) is 10.1. The summed E-state index contributed by atoms with van der Waals surface area (Å²) in [6, 6.07) is 5.93. The van der Waals surface area contributed by atoms with Crippen LogP contribution in [0.25, 0.3) is 0 Å². The maximum absolute atomic E-state index is 11.5. The molecule has 6 heteroatoms. The number of nitrogen functional groups attached to an aromatic ring is 1. The Morgan fingerprint density at radius 1 is 1.48 bits per heavy atom. The van der Waals surface area contributed by atoms with E-state index >= 15 is 0 Å². The smallest absolute Gasteiger partial charge is 0.224 e. The summed E-state index contributed by atoms with van der Waals surface area (Å²) in [5, 5.41) is 10.5. The van der Waals surface area contributed by atoms with Crippen LogP contribution in [0.1, 0.15) is 18.9 Å². The summed E-state index contributed by atoms with van der Waals surface area (Å²) in [7, 11) is 0. The molecule has 1 aromatic heterocycles. The van der Waals surface area contributed by atoms with Gasteiger partial charge in [-0.05, 0) is 37.1 Å². The van der Waals surface area contributed by atoms with Gasteiger partial charge >= 0.3 is 0 Å². The van der Waals surface area contributed by atoms with Gasteiger partial charge in [0.25, 0.3) is 0 Å². The summed E-state index contributed by atoms with van der Waals surface area (Å²) >= 11 is 0. The maximum atomic E-state index is 11.5. The fourth-order valence-corrected chi connectivity index (χ4v) is 2.57. The van der Waals surface area contributed by atoms with Gasteiger partial charge in [-0.15, -0.1) is 0 Å². The first-order valence-corrected chi connectivity index (χ1v) is 7.08. The van der Waals surface area contributed by atoms with Crippen molar-refractivity contribution in [2.75, 3.05) is 16.4 Å². The third-order valence-electron chi connectivity index (χ3n) is 3.59. The van der Waals surface area contributed by atoms with Gasteiger partial charge in [-0.25, -0.2) is 0 Å². The second-order valence-electron chi connectivity index (χ2n) is 5.42. The lowest BCUT2D eigenvalue weighted by Gasteiger charge is -2.22. The summed E-state index contributed by atoms with van der Waals surface area (Å²) in [4.78, 5) is 11.5. The molecule has 0 spiro atoms. The largest absolute Gasteiger partial charge is 0.397 e. The first-order valence-electron chi connectivity index (χ1n) is 7.08. The van der Waals surface area contributed by atoms with Crippen molar-refractivity contribution in [3.05, 3.63) is 36.2 Å². The zero-order chi connectivity index (χ0) is 14.8.